The molecule has 2 aromatic heterocycles. The number of rotatable bonds is 8. The van der Waals surface area contributed by atoms with Crippen LogP contribution in [-0.4, -0.2) is 23.4 Å². The van der Waals surface area contributed by atoms with E-state index in [1.807, 2.05) is 28.5 Å². The highest BCUT2D eigenvalue weighted by Crippen LogP contribution is 2.15. The van der Waals surface area contributed by atoms with Gasteiger partial charge in [-0.1, -0.05) is 19.9 Å². The molecule has 5 heteroatoms. The van der Waals surface area contributed by atoms with Crippen molar-refractivity contribution in [3.05, 3.63) is 46.5 Å². The fourth-order valence-corrected chi connectivity index (χ4v) is 2.76. The first-order valence-corrected chi connectivity index (χ1v) is 8.09. The lowest BCUT2D eigenvalue weighted by molar-refractivity contribution is -0.132. The van der Waals surface area contributed by atoms with Crippen LogP contribution >= 0.6 is 11.3 Å². The van der Waals surface area contributed by atoms with E-state index in [2.05, 4.69) is 25.2 Å². The molecule has 114 valence electrons. The first-order chi connectivity index (χ1) is 10.1. The Bertz CT molecular complexity index is 484. The van der Waals surface area contributed by atoms with Gasteiger partial charge in [0.25, 0.3) is 0 Å². The molecule has 2 heterocycles. The average Bonchev–Trinajstić information content (AvgIpc) is 3.10. The Labute approximate surface area is 129 Å². The number of hydrogen-bond acceptors (Lipinski definition) is 4. The van der Waals surface area contributed by atoms with Gasteiger partial charge in [0.1, 0.15) is 5.76 Å². The van der Waals surface area contributed by atoms with Crippen molar-refractivity contribution in [3.8, 4) is 0 Å². The third kappa shape index (κ3) is 5.36. The SMILES string of the molecule is CC(C)NCCC(=O)N(Cc1ccco1)Cc1cccs1. The van der Waals surface area contributed by atoms with E-state index in [1.54, 1.807) is 17.6 Å². The number of furan rings is 1. The fraction of sp³-hybridized carbons (Fsp3) is 0.438. The van der Waals surface area contributed by atoms with Crippen molar-refractivity contribution in [1.29, 1.82) is 0 Å². The second kappa shape index (κ2) is 8.00. The monoisotopic (exact) mass is 306 g/mol. The summed E-state index contributed by atoms with van der Waals surface area (Å²) in [6.07, 6.45) is 2.15. The Balaban J connectivity index is 1.95. The maximum absolute atomic E-state index is 12.4. The van der Waals surface area contributed by atoms with E-state index in [9.17, 15) is 4.79 Å². The van der Waals surface area contributed by atoms with Crippen LogP contribution in [0.25, 0.3) is 0 Å². The van der Waals surface area contributed by atoms with Crippen LogP contribution in [0.3, 0.4) is 0 Å². The van der Waals surface area contributed by atoms with Crippen LogP contribution in [0, 0.1) is 0 Å². The molecule has 1 amide bonds. The summed E-state index contributed by atoms with van der Waals surface area (Å²) in [5.41, 5.74) is 0. The molecule has 4 nitrogen and oxygen atoms in total. The molecule has 0 radical (unpaired) electrons. The van der Waals surface area contributed by atoms with Gasteiger partial charge in [-0.05, 0) is 23.6 Å². The number of nitrogens with one attached hydrogen (secondary N) is 1. The average molecular weight is 306 g/mol. The Hall–Kier alpha value is -1.59. The lowest BCUT2D eigenvalue weighted by Gasteiger charge is -2.21. The van der Waals surface area contributed by atoms with Gasteiger partial charge in [0.2, 0.25) is 5.91 Å². The molecular weight excluding hydrogens is 284 g/mol. The van der Waals surface area contributed by atoms with Crippen LogP contribution in [0.15, 0.2) is 40.3 Å². The molecule has 0 unspecified atom stereocenters. The zero-order chi connectivity index (χ0) is 15.1. The van der Waals surface area contributed by atoms with Gasteiger partial charge in [-0.25, -0.2) is 0 Å². The zero-order valence-electron chi connectivity index (χ0n) is 12.5. The Morgan fingerprint density at radius 2 is 2.19 bits per heavy atom. The largest absolute Gasteiger partial charge is 0.467 e. The third-order valence-corrected chi connectivity index (χ3v) is 3.96. The van der Waals surface area contributed by atoms with Gasteiger partial charge in [-0.15, -0.1) is 11.3 Å². The minimum absolute atomic E-state index is 0.146. The molecule has 0 aliphatic heterocycles. The second-order valence-electron chi connectivity index (χ2n) is 5.27. The van der Waals surface area contributed by atoms with E-state index in [-0.39, 0.29) is 5.91 Å². The highest BCUT2D eigenvalue weighted by atomic mass is 32.1. The van der Waals surface area contributed by atoms with Crippen LogP contribution in [0.4, 0.5) is 0 Å². The summed E-state index contributed by atoms with van der Waals surface area (Å²) in [4.78, 5) is 15.5. The first-order valence-electron chi connectivity index (χ1n) is 7.21. The predicted octanol–water partition coefficient (Wildman–Crippen LogP) is 3.26. The van der Waals surface area contributed by atoms with Crippen molar-refractivity contribution in [3.63, 3.8) is 0 Å². The summed E-state index contributed by atoms with van der Waals surface area (Å²) < 4.78 is 5.37. The maximum atomic E-state index is 12.4. The van der Waals surface area contributed by atoms with Crippen molar-refractivity contribution in [2.45, 2.75) is 39.4 Å². The Morgan fingerprint density at radius 1 is 1.33 bits per heavy atom. The smallest absolute Gasteiger partial charge is 0.224 e. The van der Waals surface area contributed by atoms with Crippen LogP contribution in [0.1, 0.15) is 30.9 Å². The fourth-order valence-electron chi connectivity index (χ4n) is 2.04. The van der Waals surface area contributed by atoms with Crippen LogP contribution in [0.5, 0.6) is 0 Å². The predicted molar refractivity (Wildman–Crippen MR) is 85.0 cm³/mol. The van der Waals surface area contributed by atoms with Gasteiger partial charge in [-0.3, -0.25) is 4.79 Å². The van der Waals surface area contributed by atoms with Crippen molar-refractivity contribution < 1.29 is 9.21 Å². The minimum Gasteiger partial charge on any atom is -0.467 e. The van der Waals surface area contributed by atoms with Gasteiger partial charge >= 0.3 is 0 Å². The van der Waals surface area contributed by atoms with Gasteiger partial charge in [0.15, 0.2) is 0 Å². The van der Waals surface area contributed by atoms with Gasteiger partial charge in [0.05, 0.1) is 19.4 Å². The molecule has 2 rings (SSSR count). The summed E-state index contributed by atoms with van der Waals surface area (Å²) in [7, 11) is 0. The van der Waals surface area contributed by atoms with E-state index < -0.39 is 0 Å². The molecular formula is C16H22N2O2S. The van der Waals surface area contributed by atoms with Gasteiger partial charge in [0, 0.05) is 23.9 Å². The van der Waals surface area contributed by atoms with E-state index in [1.165, 1.54) is 4.88 Å². The quantitative estimate of drug-likeness (QED) is 0.814. The Kier molecular flexibility index (Phi) is 6.02. The molecule has 0 bridgehead atoms. The summed E-state index contributed by atoms with van der Waals surface area (Å²) in [6.45, 7) is 6.02. The molecule has 0 atom stereocenters. The topological polar surface area (TPSA) is 45.5 Å². The molecule has 1 N–H and O–H groups in total. The number of thiophene rings is 1. The van der Waals surface area contributed by atoms with Gasteiger partial charge < -0.3 is 14.6 Å². The lowest BCUT2D eigenvalue weighted by atomic mass is 10.3. The second-order valence-corrected chi connectivity index (χ2v) is 6.30. The molecule has 0 saturated carbocycles. The molecule has 0 spiro atoms. The first kappa shape index (κ1) is 15.8. The summed E-state index contributed by atoms with van der Waals surface area (Å²) >= 11 is 1.67. The van der Waals surface area contributed by atoms with Crippen molar-refractivity contribution in [2.75, 3.05) is 6.54 Å². The van der Waals surface area contributed by atoms with E-state index in [0.717, 1.165) is 5.76 Å². The number of carbonyl (C=O) groups is 1. The summed E-state index contributed by atoms with van der Waals surface area (Å²) in [6, 6.07) is 8.22. The third-order valence-electron chi connectivity index (χ3n) is 3.10. The molecule has 0 aliphatic rings. The molecule has 0 aromatic carbocycles. The molecule has 21 heavy (non-hydrogen) atoms. The number of nitrogens with zero attached hydrogens (tertiary/aromatic N) is 1. The Morgan fingerprint density at radius 3 is 2.81 bits per heavy atom. The molecule has 0 fully saturated rings. The number of hydrogen-bond donors (Lipinski definition) is 1. The zero-order valence-corrected chi connectivity index (χ0v) is 13.4. The van der Waals surface area contributed by atoms with E-state index in [0.29, 0.717) is 32.1 Å². The van der Waals surface area contributed by atoms with Gasteiger partial charge in [-0.2, -0.15) is 0 Å². The highest BCUT2D eigenvalue weighted by Gasteiger charge is 2.16. The van der Waals surface area contributed by atoms with E-state index in [4.69, 9.17) is 4.42 Å². The highest BCUT2D eigenvalue weighted by molar-refractivity contribution is 7.09. The molecule has 0 aliphatic carbocycles. The summed E-state index contributed by atoms with van der Waals surface area (Å²) in [5, 5.41) is 5.31. The number of carbonyl (C=O) groups excluding carboxylic acids is 1. The standard InChI is InChI=1S/C16H22N2O2S/c1-13(2)17-8-7-16(19)18(11-14-5-3-9-20-14)12-15-6-4-10-21-15/h3-6,9-10,13,17H,7-8,11-12H2,1-2H3. The normalized spacial score (nSPS) is 11.0. The minimum atomic E-state index is 0.146. The summed E-state index contributed by atoms with van der Waals surface area (Å²) in [5.74, 6) is 0.963. The van der Waals surface area contributed by atoms with E-state index >= 15 is 0 Å². The number of amides is 1. The van der Waals surface area contributed by atoms with Crippen LogP contribution in [-0.2, 0) is 17.9 Å². The lowest BCUT2D eigenvalue weighted by Crippen LogP contribution is -2.33. The van der Waals surface area contributed by atoms with Crippen molar-refractivity contribution in [1.82, 2.24) is 10.2 Å². The maximum Gasteiger partial charge on any atom is 0.224 e. The molecule has 2 aromatic rings. The van der Waals surface area contributed by atoms with Crippen molar-refractivity contribution >= 4 is 17.2 Å². The van der Waals surface area contributed by atoms with Crippen LogP contribution < -0.4 is 5.32 Å². The molecule has 0 saturated heterocycles. The van der Waals surface area contributed by atoms with Crippen molar-refractivity contribution in [2.24, 2.45) is 0 Å². The van der Waals surface area contributed by atoms with Crippen LogP contribution in [0.2, 0.25) is 0 Å².